The Bertz CT molecular complexity index is 346. The zero-order chi connectivity index (χ0) is 14.0. The number of rotatable bonds is 3. The molecule has 0 bridgehead atoms. The van der Waals surface area contributed by atoms with Crippen LogP contribution >= 0.6 is 0 Å². The molecule has 0 spiro atoms. The number of halogens is 10. The average molecular weight is 278 g/mol. The van der Waals surface area contributed by atoms with Crippen molar-refractivity contribution in [2.24, 2.45) is 0 Å². The van der Waals surface area contributed by atoms with Gasteiger partial charge in [0.05, 0.1) is 0 Å². The van der Waals surface area contributed by atoms with Gasteiger partial charge in [0, 0.05) is 0 Å². The van der Waals surface area contributed by atoms with Crippen molar-refractivity contribution in [3.8, 4) is 0 Å². The number of hydrogen-bond donors (Lipinski definition) is 0. The molecule has 0 saturated heterocycles. The van der Waals surface area contributed by atoms with Gasteiger partial charge in [-0.15, -0.1) is 0 Å². The van der Waals surface area contributed by atoms with Gasteiger partial charge in [0.15, 0.2) is 0 Å². The Kier molecular flexibility index (Phi) is 4.43. The summed E-state index contributed by atoms with van der Waals surface area (Å²) in [6.45, 7) is 0. The van der Waals surface area contributed by atoms with E-state index in [1.807, 2.05) is 0 Å². The Morgan fingerprint density at radius 3 is 1.41 bits per heavy atom. The quantitative estimate of drug-likeness (QED) is 0.551. The van der Waals surface area contributed by atoms with Crippen molar-refractivity contribution in [1.82, 2.24) is 0 Å². The fourth-order valence-electron chi connectivity index (χ4n) is 0.410. The molecule has 0 heterocycles. The second-order valence-electron chi connectivity index (χ2n) is 2.30. The summed E-state index contributed by atoms with van der Waals surface area (Å²) in [5.74, 6) is -10.2. The highest BCUT2D eigenvalue weighted by Crippen LogP contribution is 2.43. The van der Waals surface area contributed by atoms with Gasteiger partial charge >= 0.3 is 30.2 Å². The second kappa shape index (κ2) is 4.84. The highest BCUT2D eigenvalue weighted by atomic mass is 19.4. The molecule has 17 heavy (non-hydrogen) atoms. The minimum Gasteiger partial charge on any atom is -0.398 e. The van der Waals surface area contributed by atoms with Crippen LogP contribution in [0.25, 0.3) is 0 Å². The first-order valence-corrected chi connectivity index (χ1v) is 3.30. The van der Waals surface area contributed by atoms with Crippen LogP contribution in [0.2, 0.25) is 0 Å². The summed E-state index contributed by atoms with van der Waals surface area (Å²) in [6.07, 6.45) is -9.91. The molecule has 0 aromatic heterocycles. The summed E-state index contributed by atoms with van der Waals surface area (Å²) < 4.78 is 119. The summed E-state index contributed by atoms with van der Waals surface area (Å²) in [5.41, 5.74) is 0. The first-order chi connectivity index (χ1) is 7.41. The lowest BCUT2D eigenvalue weighted by atomic mass is 10.3. The van der Waals surface area contributed by atoms with E-state index in [4.69, 9.17) is 0 Å². The van der Waals surface area contributed by atoms with Crippen molar-refractivity contribution in [3.63, 3.8) is 0 Å². The molecule has 1 nitrogen and oxygen atoms in total. The first-order valence-electron chi connectivity index (χ1n) is 3.30. The first kappa shape index (κ1) is 15.6. The zero-order valence-corrected chi connectivity index (χ0v) is 7.19. The Balaban J connectivity index is 5.27. The Morgan fingerprint density at radius 2 is 1.12 bits per heavy atom. The Hall–Kier alpha value is -1.42. The fourth-order valence-corrected chi connectivity index (χ4v) is 0.410. The van der Waals surface area contributed by atoms with E-state index < -0.39 is 36.0 Å². The van der Waals surface area contributed by atoms with Gasteiger partial charge in [0.25, 0.3) is 5.83 Å². The Morgan fingerprint density at radius 1 is 0.706 bits per heavy atom. The third-order valence-electron chi connectivity index (χ3n) is 1.13. The van der Waals surface area contributed by atoms with E-state index in [9.17, 15) is 43.9 Å². The molecule has 0 radical (unpaired) electrons. The van der Waals surface area contributed by atoms with Crippen LogP contribution in [0.15, 0.2) is 23.9 Å². The maximum atomic E-state index is 12.2. The van der Waals surface area contributed by atoms with Crippen LogP contribution in [-0.2, 0) is 4.74 Å². The molecule has 0 aromatic rings. The lowest BCUT2D eigenvalue weighted by Gasteiger charge is -2.17. The average Bonchev–Trinajstić information content (AvgIpc) is 2.14. The largest absolute Gasteiger partial charge is 0.460 e. The molecule has 0 aromatic carbocycles. The number of alkyl halides is 5. The van der Waals surface area contributed by atoms with E-state index in [-0.39, 0.29) is 0 Å². The minimum absolute atomic E-state index is 2.48. The van der Waals surface area contributed by atoms with E-state index in [0.29, 0.717) is 0 Å². The number of allylic oxidation sites excluding steroid dienone is 1. The molecule has 11 heteroatoms. The van der Waals surface area contributed by atoms with E-state index >= 15 is 0 Å². The van der Waals surface area contributed by atoms with Crippen molar-refractivity contribution >= 4 is 0 Å². The van der Waals surface area contributed by atoms with Gasteiger partial charge in [-0.2, -0.15) is 43.9 Å². The fraction of sp³-hybridized carbons (Fsp3) is 0.333. The predicted octanol–water partition coefficient (Wildman–Crippen LogP) is 4.34. The van der Waals surface area contributed by atoms with Crippen LogP contribution in [0.4, 0.5) is 43.9 Å². The van der Waals surface area contributed by atoms with Crippen LogP contribution in [0.1, 0.15) is 0 Å². The number of ether oxygens (including phenoxy) is 1. The van der Waals surface area contributed by atoms with Gasteiger partial charge < -0.3 is 4.74 Å². The maximum absolute atomic E-state index is 12.2. The lowest BCUT2D eigenvalue weighted by molar-refractivity contribution is -0.272. The van der Waals surface area contributed by atoms with Gasteiger partial charge in [0.2, 0.25) is 0 Å². The van der Waals surface area contributed by atoms with E-state index in [1.165, 1.54) is 0 Å². The third kappa shape index (κ3) is 3.53. The third-order valence-corrected chi connectivity index (χ3v) is 1.13. The van der Waals surface area contributed by atoms with Crippen LogP contribution in [-0.4, -0.2) is 12.1 Å². The van der Waals surface area contributed by atoms with Gasteiger partial charge in [-0.05, 0) is 0 Å². The van der Waals surface area contributed by atoms with Crippen LogP contribution in [0.3, 0.4) is 0 Å². The number of hydrogen-bond acceptors (Lipinski definition) is 1. The minimum atomic E-state index is -6.54. The standard InChI is InChI=1S/C6F10O/c7-1(5(12,13)6(14,15)16)3(10)17-4(11)2(8)9/b3-1+. The molecular weight excluding hydrogens is 278 g/mol. The molecule has 100 valence electrons. The molecule has 0 amide bonds. The topological polar surface area (TPSA) is 9.23 Å². The SMILES string of the molecule is FC(F)=C(F)O/C(F)=C(/F)C(F)(F)C(F)(F)F. The molecule has 0 fully saturated rings. The highest BCUT2D eigenvalue weighted by molar-refractivity contribution is 5.10. The monoisotopic (exact) mass is 278 g/mol. The van der Waals surface area contributed by atoms with E-state index in [1.54, 1.807) is 0 Å². The van der Waals surface area contributed by atoms with Crippen molar-refractivity contribution < 1.29 is 48.6 Å². The Labute approximate surface area is 86.0 Å². The van der Waals surface area contributed by atoms with Crippen LogP contribution < -0.4 is 0 Å². The molecule has 0 saturated carbocycles. The summed E-state index contributed by atoms with van der Waals surface area (Å²) in [5, 5.41) is 0. The summed E-state index contributed by atoms with van der Waals surface area (Å²) >= 11 is 0. The van der Waals surface area contributed by atoms with Gasteiger partial charge in [-0.1, -0.05) is 0 Å². The molecule has 0 rings (SSSR count). The highest BCUT2D eigenvalue weighted by Gasteiger charge is 2.63. The van der Waals surface area contributed by atoms with Crippen molar-refractivity contribution in [3.05, 3.63) is 23.9 Å². The molecule has 0 aliphatic rings. The molecule has 0 aliphatic heterocycles. The molecule has 0 atom stereocenters. The van der Waals surface area contributed by atoms with Gasteiger partial charge in [-0.25, -0.2) is 0 Å². The van der Waals surface area contributed by atoms with E-state index in [2.05, 4.69) is 4.74 Å². The lowest BCUT2D eigenvalue weighted by Crippen LogP contribution is -2.37. The van der Waals surface area contributed by atoms with Gasteiger partial charge in [0.1, 0.15) is 0 Å². The van der Waals surface area contributed by atoms with Gasteiger partial charge in [-0.3, -0.25) is 0 Å². The second-order valence-corrected chi connectivity index (χ2v) is 2.30. The molecule has 0 N–H and O–H groups in total. The predicted molar refractivity (Wildman–Crippen MR) is 31.7 cm³/mol. The molecule has 0 unspecified atom stereocenters. The normalized spacial score (nSPS) is 14.2. The smallest absolute Gasteiger partial charge is 0.398 e. The van der Waals surface area contributed by atoms with Crippen molar-refractivity contribution in [2.75, 3.05) is 0 Å². The van der Waals surface area contributed by atoms with Crippen LogP contribution in [0.5, 0.6) is 0 Å². The summed E-state index contributed by atoms with van der Waals surface area (Å²) in [6, 6.07) is -6.60. The molecular formula is C6F10O. The maximum Gasteiger partial charge on any atom is 0.460 e. The zero-order valence-electron chi connectivity index (χ0n) is 7.19. The summed E-state index contributed by atoms with van der Waals surface area (Å²) in [7, 11) is 0. The summed E-state index contributed by atoms with van der Waals surface area (Å²) in [4.78, 5) is 0. The van der Waals surface area contributed by atoms with Crippen molar-refractivity contribution in [1.29, 1.82) is 0 Å². The molecule has 0 aliphatic carbocycles. The van der Waals surface area contributed by atoms with Crippen LogP contribution in [0, 0.1) is 0 Å². The van der Waals surface area contributed by atoms with E-state index in [0.717, 1.165) is 0 Å². The van der Waals surface area contributed by atoms with Crippen molar-refractivity contribution in [2.45, 2.75) is 12.1 Å².